The van der Waals surface area contributed by atoms with Crippen molar-refractivity contribution in [1.29, 1.82) is 0 Å². The monoisotopic (exact) mass is 335 g/mol. The Morgan fingerprint density at radius 2 is 2.33 bits per heavy atom. The molecule has 1 fully saturated rings. The van der Waals surface area contributed by atoms with Gasteiger partial charge in [-0.1, -0.05) is 12.1 Å². The largest absolute Gasteiger partial charge is 0.493 e. The third-order valence-corrected chi connectivity index (χ3v) is 3.89. The molecule has 132 valence electrons. The molecular formula is C18H25NO5. The van der Waals surface area contributed by atoms with Crippen molar-refractivity contribution in [3.05, 3.63) is 35.9 Å². The van der Waals surface area contributed by atoms with Crippen LogP contribution in [0.2, 0.25) is 0 Å². The number of aliphatic carboxylic acids is 1. The predicted octanol–water partition coefficient (Wildman–Crippen LogP) is 2.11. The number of morpholine rings is 1. The summed E-state index contributed by atoms with van der Waals surface area (Å²) in [6.45, 7) is 8.41. The van der Waals surface area contributed by atoms with Crippen LogP contribution < -0.4 is 9.47 Å². The first-order valence-electron chi connectivity index (χ1n) is 8.09. The maximum atomic E-state index is 11.1. The molecule has 0 unspecified atom stereocenters. The normalized spacial score (nSPS) is 18.2. The Kier molecular flexibility index (Phi) is 6.63. The Morgan fingerprint density at radius 1 is 1.54 bits per heavy atom. The van der Waals surface area contributed by atoms with E-state index in [0.29, 0.717) is 45.0 Å². The van der Waals surface area contributed by atoms with Gasteiger partial charge in [0.15, 0.2) is 17.6 Å². The molecule has 0 saturated carbocycles. The van der Waals surface area contributed by atoms with Crippen LogP contribution in [0.4, 0.5) is 0 Å². The molecule has 1 atom stereocenters. The zero-order valence-corrected chi connectivity index (χ0v) is 14.3. The quantitative estimate of drug-likeness (QED) is 0.734. The third kappa shape index (κ3) is 4.49. The van der Waals surface area contributed by atoms with Crippen molar-refractivity contribution in [2.24, 2.45) is 0 Å². The number of hydrogen-bond acceptors (Lipinski definition) is 5. The molecule has 1 N–H and O–H groups in total. The highest BCUT2D eigenvalue weighted by molar-refractivity contribution is 5.72. The molecule has 1 aliphatic heterocycles. The number of ether oxygens (including phenoxy) is 3. The first-order valence-corrected chi connectivity index (χ1v) is 8.09. The molecule has 24 heavy (non-hydrogen) atoms. The fraction of sp³-hybridized carbons (Fsp3) is 0.500. The maximum absolute atomic E-state index is 11.1. The third-order valence-electron chi connectivity index (χ3n) is 3.89. The topological polar surface area (TPSA) is 68.2 Å². The van der Waals surface area contributed by atoms with Crippen LogP contribution in [-0.2, 0) is 22.5 Å². The van der Waals surface area contributed by atoms with Crippen LogP contribution in [-0.4, -0.2) is 55.5 Å². The van der Waals surface area contributed by atoms with Crippen LogP contribution in [0.3, 0.4) is 0 Å². The second-order valence-corrected chi connectivity index (χ2v) is 5.64. The van der Waals surface area contributed by atoms with E-state index >= 15 is 0 Å². The smallest absolute Gasteiger partial charge is 0.334 e. The van der Waals surface area contributed by atoms with Crippen LogP contribution >= 0.6 is 0 Å². The summed E-state index contributed by atoms with van der Waals surface area (Å²) in [4.78, 5) is 13.2. The van der Waals surface area contributed by atoms with Gasteiger partial charge in [-0.25, -0.2) is 4.79 Å². The van der Waals surface area contributed by atoms with Gasteiger partial charge in [-0.3, -0.25) is 4.90 Å². The van der Waals surface area contributed by atoms with E-state index in [-0.39, 0.29) is 0 Å². The van der Waals surface area contributed by atoms with Crippen LogP contribution in [0.1, 0.15) is 18.1 Å². The van der Waals surface area contributed by atoms with Gasteiger partial charge in [0.25, 0.3) is 0 Å². The van der Waals surface area contributed by atoms with E-state index in [9.17, 15) is 4.79 Å². The number of allylic oxidation sites excluding steroid dienone is 1. The number of rotatable bonds is 8. The zero-order chi connectivity index (χ0) is 17.5. The molecule has 0 aromatic heterocycles. The Labute approximate surface area is 142 Å². The molecule has 1 heterocycles. The molecule has 0 bridgehead atoms. The lowest BCUT2D eigenvalue weighted by Crippen LogP contribution is -2.45. The van der Waals surface area contributed by atoms with E-state index in [2.05, 4.69) is 17.5 Å². The molecule has 2 rings (SSSR count). The van der Waals surface area contributed by atoms with Crippen molar-refractivity contribution in [3.8, 4) is 11.5 Å². The highest BCUT2D eigenvalue weighted by Gasteiger charge is 2.26. The van der Waals surface area contributed by atoms with E-state index < -0.39 is 12.1 Å². The lowest BCUT2D eigenvalue weighted by atomic mass is 10.0. The summed E-state index contributed by atoms with van der Waals surface area (Å²) < 4.78 is 16.5. The SMILES string of the molecule is C=CCc1cc(CN2CCO[C@@H](C(=O)O)C2)cc(OCC)c1OC. The van der Waals surface area contributed by atoms with Crippen LogP contribution in [0.5, 0.6) is 11.5 Å². The molecule has 0 amide bonds. The zero-order valence-electron chi connectivity index (χ0n) is 14.3. The van der Waals surface area contributed by atoms with E-state index in [4.69, 9.17) is 19.3 Å². The van der Waals surface area contributed by atoms with Crippen LogP contribution in [0.25, 0.3) is 0 Å². The average molecular weight is 335 g/mol. The Balaban J connectivity index is 2.22. The fourth-order valence-electron chi connectivity index (χ4n) is 2.87. The number of carboxylic acid groups (broad SMARTS) is 1. The van der Waals surface area contributed by atoms with E-state index in [1.54, 1.807) is 7.11 Å². The van der Waals surface area contributed by atoms with E-state index in [1.165, 1.54) is 0 Å². The highest BCUT2D eigenvalue weighted by Crippen LogP contribution is 2.34. The van der Waals surface area contributed by atoms with Crippen LogP contribution in [0.15, 0.2) is 24.8 Å². The maximum Gasteiger partial charge on any atom is 0.334 e. The van der Waals surface area contributed by atoms with Crippen molar-refractivity contribution in [1.82, 2.24) is 4.90 Å². The highest BCUT2D eigenvalue weighted by atomic mass is 16.5. The lowest BCUT2D eigenvalue weighted by molar-refractivity contribution is -0.156. The van der Waals surface area contributed by atoms with Crippen molar-refractivity contribution in [3.63, 3.8) is 0 Å². The first kappa shape index (κ1) is 18.3. The summed E-state index contributed by atoms with van der Waals surface area (Å²) in [6.07, 6.45) is 1.74. The molecule has 0 spiro atoms. The number of hydrogen-bond donors (Lipinski definition) is 1. The Bertz CT molecular complexity index is 587. The van der Waals surface area contributed by atoms with Gasteiger partial charge in [0.2, 0.25) is 0 Å². The number of benzene rings is 1. The molecule has 1 aliphatic rings. The van der Waals surface area contributed by atoms with Gasteiger partial charge in [0.1, 0.15) is 0 Å². The molecule has 0 aliphatic carbocycles. The van der Waals surface area contributed by atoms with Gasteiger partial charge in [-0.2, -0.15) is 0 Å². The molecule has 6 nitrogen and oxygen atoms in total. The Hall–Kier alpha value is -2.05. The van der Waals surface area contributed by atoms with Crippen molar-refractivity contribution < 1.29 is 24.1 Å². The Morgan fingerprint density at radius 3 is 2.96 bits per heavy atom. The van der Waals surface area contributed by atoms with Gasteiger partial charge >= 0.3 is 5.97 Å². The predicted molar refractivity (Wildman–Crippen MR) is 90.7 cm³/mol. The molecule has 6 heteroatoms. The summed E-state index contributed by atoms with van der Waals surface area (Å²) in [5, 5.41) is 9.12. The summed E-state index contributed by atoms with van der Waals surface area (Å²) in [6, 6.07) is 4.02. The number of carboxylic acids is 1. The number of carbonyl (C=O) groups is 1. The van der Waals surface area contributed by atoms with Crippen LogP contribution in [0, 0.1) is 0 Å². The lowest BCUT2D eigenvalue weighted by Gasteiger charge is -2.31. The minimum absolute atomic E-state index is 0.377. The van der Waals surface area contributed by atoms with E-state index in [0.717, 1.165) is 16.9 Å². The van der Waals surface area contributed by atoms with Gasteiger partial charge in [0, 0.05) is 25.2 Å². The number of nitrogens with zero attached hydrogens (tertiary/aromatic N) is 1. The minimum atomic E-state index is -0.920. The van der Waals surface area contributed by atoms with E-state index in [1.807, 2.05) is 19.1 Å². The fourth-order valence-corrected chi connectivity index (χ4v) is 2.87. The van der Waals surface area contributed by atoms with Crippen molar-refractivity contribution >= 4 is 5.97 Å². The standard InChI is InChI=1S/C18H25NO5/c1-4-6-14-9-13(10-15(23-5-2)17(14)22-3)11-19-7-8-24-16(12-19)18(20)21/h4,9-10,16H,1,5-8,11-12H2,2-3H3,(H,20,21)/t16-/m1/s1. The molecular weight excluding hydrogens is 310 g/mol. The second kappa shape index (κ2) is 8.70. The van der Waals surface area contributed by atoms with Crippen molar-refractivity contribution in [2.45, 2.75) is 26.0 Å². The van der Waals surface area contributed by atoms with Gasteiger partial charge in [-0.15, -0.1) is 6.58 Å². The number of methoxy groups -OCH3 is 1. The second-order valence-electron chi connectivity index (χ2n) is 5.64. The van der Waals surface area contributed by atoms with Gasteiger partial charge in [-0.05, 0) is 25.0 Å². The molecule has 1 aromatic carbocycles. The van der Waals surface area contributed by atoms with Gasteiger partial charge in [0.05, 0.1) is 20.3 Å². The molecule has 1 saturated heterocycles. The summed E-state index contributed by atoms with van der Waals surface area (Å²) in [7, 11) is 1.63. The first-order chi connectivity index (χ1) is 11.6. The van der Waals surface area contributed by atoms with Gasteiger partial charge < -0.3 is 19.3 Å². The summed E-state index contributed by atoms with van der Waals surface area (Å²) in [5.41, 5.74) is 2.07. The molecule has 1 aromatic rings. The minimum Gasteiger partial charge on any atom is -0.493 e. The summed E-state index contributed by atoms with van der Waals surface area (Å²) in [5.74, 6) is 0.514. The average Bonchev–Trinajstić information content (AvgIpc) is 2.56. The molecule has 0 radical (unpaired) electrons. The summed E-state index contributed by atoms with van der Waals surface area (Å²) >= 11 is 0. The van der Waals surface area contributed by atoms with Crippen molar-refractivity contribution in [2.75, 3.05) is 33.4 Å².